The van der Waals surface area contributed by atoms with Crippen LogP contribution in [-0.4, -0.2) is 28.1 Å². The second kappa shape index (κ2) is 6.91. The number of aromatic nitrogens is 1. The molecule has 0 aliphatic carbocycles. The quantitative estimate of drug-likeness (QED) is 0.845. The maximum absolute atomic E-state index is 11.9. The first-order valence-electron chi connectivity index (χ1n) is 6.38. The average Bonchev–Trinajstić information content (AvgIpc) is 2.49. The van der Waals surface area contributed by atoms with Gasteiger partial charge in [-0.25, -0.2) is 9.78 Å². The number of amides is 1. The van der Waals surface area contributed by atoms with Crippen LogP contribution >= 0.6 is 11.6 Å². The molecule has 0 spiro atoms. The van der Waals surface area contributed by atoms with Gasteiger partial charge in [0.05, 0.1) is 10.6 Å². The Kier molecular flexibility index (Phi) is 4.95. The summed E-state index contributed by atoms with van der Waals surface area (Å²) in [5, 5.41) is 12.3. The summed E-state index contributed by atoms with van der Waals surface area (Å²) in [6.45, 7) is 1.44. The Bertz CT molecular complexity index is 688. The fraction of sp³-hybridized carbons (Fsp3) is 0.133. The van der Waals surface area contributed by atoms with Gasteiger partial charge in [0, 0.05) is 6.20 Å². The summed E-state index contributed by atoms with van der Waals surface area (Å²) < 4.78 is 5.03. The van der Waals surface area contributed by atoms with Gasteiger partial charge in [-0.05, 0) is 37.3 Å². The van der Waals surface area contributed by atoms with E-state index in [-0.39, 0.29) is 11.3 Å². The molecular weight excluding hydrogens is 308 g/mol. The number of hydrogen-bond acceptors (Lipinski definition) is 5. The van der Waals surface area contributed by atoms with Crippen molar-refractivity contribution in [1.82, 2.24) is 4.98 Å². The molecule has 1 unspecified atom stereocenters. The maximum atomic E-state index is 11.9. The minimum atomic E-state index is -1.02. The van der Waals surface area contributed by atoms with Crippen molar-refractivity contribution in [3.63, 3.8) is 0 Å². The fourth-order valence-electron chi connectivity index (χ4n) is 1.59. The number of benzene rings is 1. The molecule has 0 radical (unpaired) electrons. The summed E-state index contributed by atoms with van der Waals surface area (Å²) in [6.07, 6.45) is 0.368. The highest BCUT2D eigenvalue weighted by Gasteiger charge is 2.19. The van der Waals surface area contributed by atoms with Gasteiger partial charge in [0.1, 0.15) is 11.6 Å². The third-order valence-corrected chi connectivity index (χ3v) is 2.94. The van der Waals surface area contributed by atoms with Gasteiger partial charge in [-0.3, -0.25) is 4.79 Å². The smallest absolute Gasteiger partial charge is 0.339 e. The molecule has 2 aromatic rings. The largest absolute Gasteiger partial charge is 0.508 e. The van der Waals surface area contributed by atoms with Crippen LogP contribution < -0.4 is 5.32 Å². The first kappa shape index (κ1) is 15.8. The van der Waals surface area contributed by atoms with Crippen molar-refractivity contribution in [3.8, 4) is 5.75 Å². The molecule has 0 saturated carbocycles. The number of halogens is 1. The molecule has 0 aliphatic heterocycles. The van der Waals surface area contributed by atoms with Crippen LogP contribution in [0.2, 0.25) is 5.02 Å². The van der Waals surface area contributed by atoms with Crippen molar-refractivity contribution < 1.29 is 19.4 Å². The highest BCUT2D eigenvalue weighted by molar-refractivity contribution is 6.30. The van der Waals surface area contributed by atoms with Gasteiger partial charge in [-0.2, -0.15) is 0 Å². The lowest BCUT2D eigenvalue weighted by atomic mass is 10.2. The molecule has 1 atom stereocenters. The van der Waals surface area contributed by atoms with E-state index in [1.165, 1.54) is 43.5 Å². The van der Waals surface area contributed by atoms with E-state index < -0.39 is 18.0 Å². The summed E-state index contributed by atoms with van der Waals surface area (Å²) in [7, 11) is 0. The van der Waals surface area contributed by atoms with Crippen LogP contribution in [0.4, 0.5) is 5.82 Å². The van der Waals surface area contributed by atoms with E-state index in [0.29, 0.717) is 10.8 Å². The van der Waals surface area contributed by atoms with Crippen molar-refractivity contribution in [2.75, 3.05) is 5.32 Å². The van der Waals surface area contributed by atoms with Gasteiger partial charge in [0.2, 0.25) is 0 Å². The van der Waals surface area contributed by atoms with Crippen molar-refractivity contribution in [1.29, 1.82) is 0 Å². The topological polar surface area (TPSA) is 88.5 Å². The van der Waals surface area contributed by atoms with Crippen LogP contribution in [-0.2, 0) is 9.53 Å². The summed E-state index contributed by atoms with van der Waals surface area (Å²) >= 11 is 5.70. The van der Waals surface area contributed by atoms with Crippen LogP contribution in [0.1, 0.15) is 17.3 Å². The van der Waals surface area contributed by atoms with Gasteiger partial charge in [-0.15, -0.1) is 0 Å². The van der Waals surface area contributed by atoms with Crippen LogP contribution in [0, 0.1) is 0 Å². The van der Waals surface area contributed by atoms with Crippen LogP contribution in [0.15, 0.2) is 42.6 Å². The van der Waals surface area contributed by atoms with Gasteiger partial charge in [0.25, 0.3) is 5.91 Å². The van der Waals surface area contributed by atoms with Crippen LogP contribution in [0.5, 0.6) is 5.75 Å². The molecule has 6 nitrogen and oxygen atoms in total. The highest BCUT2D eigenvalue weighted by atomic mass is 35.5. The summed E-state index contributed by atoms with van der Waals surface area (Å²) in [5.41, 5.74) is 0.157. The number of nitrogens with zero attached hydrogens (tertiary/aromatic N) is 1. The molecule has 1 amide bonds. The van der Waals surface area contributed by atoms with E-state index in [0.717, 1.165) is 0 Å². The first-order valence-corrected chi connectivity index (χ1v) is 6.76. The SMILES string of the molecule is CC(OC(=O)c1cccc(O)c1)C(=O)Nc1ccc(Cl)cn1. The standard InChI is InChI=1S/C15H13ClN2O4/c1-9(14(20)18-13-6-5-11(16)8-17-13)22-15(21)10-3-2-4-12(19)7-10/h2-9,19H,1H3,(H,17,18,20). The zero-order valence-corrected chi connectivity index (χ0v) is 12.4. The van der Waals surface area contributed by atoms with E-state index in [9.17, 15) is 14.7 Å². The lowest BCUT2D eigenvalue weighted by Gasteiger charge is -2.13. The Morgan fingerprint density at radius 1 is 1.32 bits per heavy atom. The molecule has 1 aromatic heterocycles. The molecule has 1 aromatic carbocycles. The number of ether oxygens (including phenoxy) is 1. The summed E-state index contributed by atoms with van der Waals surface area (Å²) in [4.78, 5) is 27.7. The number of aromatic hydroxyl groups is 1. The molecule has 22 heavy (non-hydrogen) atoms. The number of nitrogens with one attached hydrogen (secondary N) is 1. The second-order valence-corrected chi connectivity index (χ2v) is 4.89. The van der Waals surface area contributed by atoms with Crippen molar-refractivity contribution in [2.45, 2.75) is 13.0 Å². The summed E-state index contributed by atoms with van der Waals surface area (Å²) in [5.74, 6) is -0.988. The average molecular weight is 321 g/mol. The number of rotatable bonds is 4. The number of phenols is 1. The molecule has 114 valence electrons. The van der Waals surface area contributed by atoms with Crippen LogP contribution in [0.25, 0.3) is 0 Å². The molecule has 1 heterocycles. The molecule has 0 fully saturated rings. The number of hydrogen-bond donors (Lipinski definition) is 2. The molecule has 2 rings (SSSR count). The van der Waals surface area contributed by atoms with Gasteiger partial charge >= 0.3 is 5.97 Å². The zero-order chi connectivity index (χ0) is 16.1. The number of anilines is 1. The minimum absolute atomic E-state index is 0.0584. The molecular formula is C15H13ClN2O4. The molecule has 0 bridgehead atoms. The maximum Gasteiger partial charge on any atom is 0.339 e. The third-order valence-electron chi connectivity index (χ3n) is 2.71. The Morgan fingerprint density at radius 2 is 2.09 bits per heavy atom. The third kappa shape index (κ3) is 4.20. The van der Waals surface area contributed by atoms with Gasteiger partial charge in [0.15, 0.2) is 6.10 Å². The lowest BCUT2D eigenvalue weighted by molar-refractivity contribution is -0.123. The summed E-state index contributed by atoms with van der Waals surface area (Å²) in [6, 6.07) is 8.78. The Labute approximate surface area is 131 Å². The minimum Gasteiger partial charge on any atom is -0.508 e. The zero-order valence-electron chi connectivity index (χ0n) is 11.6. The fourth-order valence-corrected chi connectivity index (χ4v) is 1.70. The molecule has 7 heteroatoms. The number of esters is 1. The number of carbonyl (C=O) groups is 2. The first-order chi connectivity index (χ1) is 10.5. The van der Waals surface area contributed by atoms with E-state index in [1.807, 2.05) is 0 Å². The Morgan fingerprint density at radius 3 is 2.73 bits per heavy atom. The Balaban J connectivity index is 1.96. The predicted octanol–water partition coefficient (Wildman–Crippen LogP) is 2.62. The molecule has 0 aliphatic rings. The number of phenolic OH excluding ortho intramolecular Hbond substituents is 1. The second-order valence-electron chi connectivity index (χ2n) is 4.45. The van der Waals surface area contributed by atoms with E-state index in [2.05, 4.69) is 10.3 Å². The van der Waals surface area contributed by atoms with Crippen LogP contribution in [0.3, 0.4) is 0 Å². The van der Waals surface area contributed by atoms with Crippen molar-refractivity contribution in [3.05, 3.63) is 53.2 Å². The molecule has 2 N–H and O–H groups in total. The van der Waals surface area contributed by atoms with Gasteiger partial charge in [-0.1, -0.05) is 17.7 Å². The van der Waals surface area contributed by atoms with Crippen molar-refractivity contribution in [2.24, 2.45) is 0 Å². The van der Waals surface area contributed by atoms with E-state index in [4.69, 9.17) is 16.3 Å². The van der Waals surface area contributed by atoms with Gasteiger partial charge < -0.3 is 15.2 Å². The monoisotopic (exact) mass is 320 g/mol. The lowest BCUT2D eigenvalue weighted by Crippen LogP contribution is -2.30. The number of carbonyl (C=O) groups excluding carboxylic acids is 2. The highest BCUT2D eigenvalue weighted by Crippen LogP contribution is 2.14. The van der Waals surface area contributed by atoms with E-state index in [1.54, 1.807) is 6.07 Å². The van der Waals surface area contributed by atoms with E-state index >= 15 is 0 Å². The predicted molar refractivity (Wildman–Crippen MR) is 80.9 cm³/mol. The molecule has 0 saturated heterocycles. The van der Waals surface area contributed by atoms with Crippen molar-refractivity contribution >= 4 is 29.3 Å². The normalized spacial score (nSPS) is 11.5. The number of pyridine rings is 1. The Hall–Kier alpha value is -2.60.